The molecule has 0 fully saturated rings. The molecule has 104 valence electrons. The van der Waals surface area contributed by atoms with Crippen LogP contribution in [-0.2, 0) is 0 Å². The summed E-state index contributed by atoms with van der Waals surface area (Å²) >= 11 is 0. The van der Waals surface area contributed by atoms with E-state index in [2.05, 4.69) is 48.5 Å². The summed E-state index contributed by atoms with van der Waals surface area (Å²) in [7, 11) is 1.13. The zero-order valence-corrected chi connectivity index (χ0v) is 14.3. The third-order valence-electron chi connectivity index (χ3n) is 3.38. The van der Waals surface area contributed by atoms with E-state index in [0.717, 1.165) is 14.5 Å². The number of unbranched alkanes of at least 4 members (excludes halogenated alkanes) is 1. The second-order valence-electron chi connectivity index (χ2n) is 7.42. The van der Waals surface area contributed by atoms with Gasteiger partial charge in [-0.25, -0.2) is 0 Å². The van der Waals surface area contributed by atoms with Crippen molar-refractivity contribution in [2.75, 3.05) is 6.16 Å². The van der Waals surface area contributed by atoms with E-state index in [4.69, 9.17) is 0 Å². The van der Waals surface area contributed by atoms with Crippen LogP contribution in [-0.4, -0.2) is 11.3 Å². The molecule has 0 rings (SSSR count). The van der Waals surface area contributed by atoms with E-state index >= 15 is 0 Å². The Balaban J connectivity index is 4.05. The van der Waals surface area contributed by atoms with Crippen molar-refractivity contribution in [3.63, 3.8) is 0 Å². The fraction of sp³-hybridized carbons (Fsp3) is 1.00. The van der Waals surface area contributed by atoms with E-state index in [1.807, 2.05) is 0 Å². The van der Waals surface area contributed by atoms with Crippen LogP contribution in [0.15, 0.2) is 0 Å². The van der Waals surface area contributed by atoms with Crippen molar-refractivity contribution >= 4 is 8.58 Å². The Morgan fingerprint density at radius 3 is 2.00 bits per heavy atom. The van der Waals surface area contributed by atoms with Gasteiger partial charge in [0.2, 0.25) is 0 Å². The molecule has 0 aliphatic carbocycles. The molecule has 0 amide bonds. The maximum atomic E-state index is 2.46. The second-order valence-corrected chi connectivity index (χ2v) is 9.53. The van der Waals surface area contributed by atoms with E-state index in [1.54, 1.807) is 0 Å². The Bertz CT molecular complexity index is 188. The molecule has 0 aromatic rings. The van der Waals surface area contributed by atoms with Gasteiger partial charge in [0.1, 0.15) is 0 Å². The van der Waals surface area contributed by atoms with Crippen molar-refractivity contribution in [1.82, 2.24) is 0 Å². The van der Waals surface area contributed by atoms with Crippen LogP contribution in [0.3, 0.4) is 0 Å². The quantitative estimate of drug-likeness (QED) is 0.462. The molecule has 0 aromatic carbocycles. The van der Waals surface area contributed by atoms with Crippen molar-refractivity contribution in [2.24, 2.45) is 11.3 Å². The standard InChI is InChI=1S/C16H35P/c1-8-10-11-14(9-2)12-17-16(6,7)13-15(3,4)5/h14,17H,8-13H2,1-7H3. The van der Waals surface area contributed by atoms with Gasteiger partial charge in [-0.05, 0) is 29.1 Å². The zero-order valence-electron chi connectivity index (χ0n) is 13.3. The van der Waals surface area contributed by atoms with Crippen LogP contribution in [0.1, 0.15) is 80.6 Å². The molecule has 0 aliphatic rings. The average molecular weight is 258 g/mol. The Morgan fingerprint density at radius 2 is 1.59 bits per heavy atom. The molecular weight excluding hydrogens is 223 g/mol. The molecule has 0 nitrogen and oxygen atoms in total. The first kappa shape index (κ1) is 17.4. The Kier molecular flexibility index (Phi) is 7.97. The molecule has 0 saturated carbocycles. The zero-order chi connectivity index (χ0) is 13.5. The number of hydrogen-bond acceptors (Lipinski definition) is 0. The van der Waals surface area contributed by atoms with Crippen LogP contribution in [0, 0.1) is 11.3 Å². The monoisotopic (exact) mass is 258 g/mol. The van der Waals surface area contributed by atoms with E-state index in [-0.39, 0.29) is 0 Å². The number of hydrogen-bond donors (Lipinski definition) is 0. The van der Waals surface area contributed by atoms with Crippen LogP contribution in [0.2, 0.25) is 0 Å². The predicted octanol–water partition coefficient (Wildman–Crippen LogP) is 6.10. The highest BCUT2D eigenvalue weighted by Crippen LogP contribution is 2.42. The van der Waals surface area contributed by atoms with E-state index in [9.17, 15) is 0 Å². The van der Waals surface area contributed by atoms with Crippen LogP contribution < -0.4 is 0 Å². The predicted molar refractivity (Wildman–Crippen MR) is 84.6 cm³/mol. The van der Waals surface area contributed by atoms with Gasteiger partial charge in [-0.15, -0.1) is 8.58 Å². The van der Waals surface area contributed by atoms with Gasteiger partial charge in [-0.1, -0.05) is 74.1 Å². The minimum absolute atomic E-state index is 0.474. The summed E-state index contributed by atoms with van der Waals surface area (Å²) in [6.07, 6.45) is 8.40. The Hall–Kier alpha value is 0.430. The summed E-state index contributed by atoms with van der Waals surface area (Å²) in [6, 6.07) is 0. The highest BCUT2D eigenvalue weighted by atomic mass is 31.1. The summed E-state index contributed by atoms with van der Waals surface area (Å²) in [5, 5.41) is 0.540. The lowest BCUT2D eigenvalue weighted by Crippen LogP contribution is -2.23. The first-order valence-corrected chi connectivity index (χ1v) is 8.66. The minimum Gasteiger partial charge on any atom is -0.116 e. The van der Waals surface area contributed by atoms with Gasteiger partial charge < -0.3 is 0 Å². The molecule has 17 heavy (non-hydrogen) atoms. The summed E-state index contributed by atoms with van der Waals surface area (Å²) in [6.45, 7) is 16.7. The molecule has 2 unspecified atom stereocenters. The summed E-state index contributed by atoms with van der Waals surface area (Å²) in [4.78, 5) is 0. The molecule has 0 radical (unpaired) electrons. The molecule has 0 aliphatic heterocycles. The third kappa shape index (κ3) is 10.1. The van der Waals surface area contributed by atoms with E-state index in [1.165, 1.54) is 38.3 Å². The van der Waals surface area contributed by atoms with Gasteiger partial charge >= 0.3 is 0 Å². The molecule has 0 N–H and O–H groups in total. The third-order valence-corrected chi connectivity index (χ3v) is 5.30. The van der Waals surface area contributed by atoms with Crippen molar-refractivity contribution in [2.45, 2.75) is 85.7 Å². The van der Waals surface area contributed by atoms with E-state index in [0.29, 0.717) is 10.6 Å². The highest BCUT2D eigenvalue weighted by molar-refractivity contribution is 7.39. The highest BCUT2D eigenvalue weighted by Gasteiger charge is 2.25. The normalized spacial score (nSPS) is 15.7. The molecule has 0 saturated heterocycles. The van der Waals surface area contributed by atoms with E-state index < -0.39 is 0 Å². The molecule has 0 bridgehead atoms. The van der Waals surface area contributed by atoms with Crippen molar-refractivity contribution in [3.8, 4) is 0 Å². The van der Waals surface area contributed by atoms with Crippen LogP contribution >= 0.6 is 8.58 Å². The van der Waals surface area contributed by atoms with Crippen LogP contribution in [0.25, 0.3) is 0 Å². The fourth-order valence-electron chi connectivity index (χ4n) is 2.75. The maximum Gasteiger partial charge on any atom is -0.0173 e. The largest absolute Gasteiger partial charge is 0.116 e. The summed E-state index contributed by atoms with van der Waals surface area (Å²) in [5.41, 5.74) is 0.474. The molecular formula is C16H35P. The lowest BCUT2D eigenvalue weighted by molar-refractivity contribution is 0.336. The SMILES string of the molecule is CCCCC(CC)CPC(C)(C)CC(C)(C)C. The lowest BCUT2D eigenvalue weighted by atomic mass is 9.86. The van der Waals surface area contributed by atoms with Crippen LogP contribution in [0.5, 0.6) is 0 Å². The van der Waals surface area contributed by atoms with Gasteiger partial charge in [-0.2, -0.15) is 0 Å². The first-order chi connectivity index (χ1) is 7.70. The summed E-state index contributed by atoms with van der Waals surface area (Å²) < 4.78 is 0. The van der Waals surface area contributed by atoms with Crippen molar-refractivity contribution in [1.29, 1.82) is 0 Å². The fourth-order valence-corrected chi connectivity index (χ4v) is 4.74. The van der Waals surface area contributed by atoms with Crippen molar-refractivity contribution < 1.29 is 0 Å². The molecule has 0 aromatic heterocycles. The maximum absolute atomic E-state index is 2.46. The summed E-state index contributed by atoms with van der Waals surface area (Å²) in [5.74, 6) is 0.979. The number of rotatable bonds is 8. The van der Waals surface area contributed by atoms with Crippen molar-refractivity contribution in [3.05, 3.63) is 0 Å². The topological polar surface area (TPSA) is 0 Å². The average Bonchev–Trinajstić information content (AvgIpc) is 2.14. The van der Waals surface area contributed by atoms with Gasteiger partial charge in [0, 0.05) is 0 Å². The van der Waals surface area contributed by atoms with Gasteiger partial charge in [0.05, 0.1) is 0 Å². The Morgan fingerprint density at radius 1 is 1.00 bits per heavy atom. The minimum atomic E-state index is 0.474. The van der Waals surface area contributed by atoms with Gasteiger partial charge in [0.25, 0.3) is 0 Å². The lowest BCUT2D eigenvalue weighted by Gasteiger charge is -2.33. The molecule has 0 heterocycles. The molecule has 1 heteroatoms. The Labute approximate surface area is 112 Å². The molecule has 0 spiro atoms. The van der Waals surface area contributed by atoms with Gasteiger partial charge in [-0.3, -0.25) is 0 Å². The van der Waals surface area contributed by atoms with Crippen LogP contribution in [0.4, 0.5) is 0 Å². The smallest absolute Gasteiger partial charge is 0.0173 e. The molecule has 2 atom stereocenters. The first-order valence-electron chi connectivity index (χ1n) is 7.45. The van der Waals surface area contributed by atoms with Gasteiger partial charge in [0.15, 0.2) is 0 Å². The second kappa shape index (κ2) is 7.78.